The van der Waals surface area contributed by atoms with Crippen LogP contribution in [0.5, 0.6) is 0 Å². The molecule has 0 atom stereocenters. The molecule has 0 amide bonds. The van der Waals surface area contributed by atoms with Crippen molar-refractivity contribution in [3.8, 4) is 0 Å². The number of benzene rings is 1. The van der Waals surface area contributed by atoms with Crippen molar-refractivity contribution in [1.82, 2.24) is 0 Å². The van der Waals surface area contributed by atoms with Gasteiger partial charge in [-0.2, -0.15) is 0 Å². The number of rotatable bonds is 5. The maximum Gasteiger partial charge on any atom is 0.335 e. The van der Waals surface area contributed by atoms with Gasteiger partial charge in [0.2, 0.25) is 0 Å². The molecule has 0 bridgehead atoms. The lowest BCUT2D eigenvalue weighted by molar-refractivity contribution is 0.0697. The van der Waals surface area contributed by atoms with E-state index in [4.69, 9.17) is 15.6 Å². The average molecular weight is 238 g/mol. The number of nitrogen functional groups attached to an aromatic ring is 1. The van der Waals surface area contributed by atoms with E-state index in [1.165, 1.54) is 12.1 Å². The highest BCUT2D eigenvalue weighted by atomic mass is 16.5. The summed E-state index contributed by atoms with van der Waals surface area (Å²) in [6.07, 6.45) is 0. The zero-order valence-electron chi connectivity index (χ0n) is 10.3. The second-order valence-electron chi connectivity index (χ2n) is 4.55. The third-order valence-corrected chi connectivity index (χ3v) is 2.28. The van der Waals surface area contributed by atoms with E-state index in [1.54, 1.807) is 13.2 Å². The molecular weight excluding hydrogens is 220 g/mol. The van der Waals surface area contributed by atoms with Crippen molar-refractivity contribution in [1.29, 1.82) is 0 Å². The Balaban J connectivity index is 2.90. The molecule has 0 fully saturated rings. The van der Waals surface area contributed by atoms with Gasteiger partial charge in [0.05, 0.1) is 29.1 Å². The molecule has 0 saturated carbocycles. The Morgan fingerprint density at radius 1 is 1.53 bits per heavy atom. The van der Waals surface area contributed by atoms with E-state index in [0.717, 1.165) is 0 Å². The van der Waals surface area contributed by atoms with Crippen LogP contribution in [-0.4, -0.2) is 30.3 Å². The van der Waals surface area contributed by atoms with Crippen LogP contribution in [0.3, 0.4) is 0 Å². The van der Waals surface area contributed by atoms with E-state index in [-0.39, 0.29) is 11.1 Å². The number of carbonyl (C=O) groups is 1. The molecule has 0 spiro atoms. The number of hydrogen-bond acceptors (Lipinski definition) is 4. The quantitative estimate of drug-likeness (QED) is 0.681. The molecule has 0 radical (unpaired) electrons. The minimum absolute atomic E-state index is 0.178. The van der Waals surface area contributed by atoms with Crippen molar-refractivity contribution in [3.63, 3.8) is 0 Å². The highest BCUT2D eigenvalue weighted by molar-refractivity contribution is 5.90. The molecule has 1 aromatic carbocycles. The minimum atomic E-state index is -0.987. The summed E-state index contributed by atoms with van der Waals surface area (Å²) in [5, 5.41) is 12.0. The molecule has 0 saturated heterocycles. The van der Waals surface area contributed by atoms with Crippen molar-refractivity contribution in [3.05, 3.63) is 23.8 Å². The van der Waals surface area contributed by atoms with E-state index < -0.39 is 5.97 Å². The van der Waals surface area contributed by atoms with Gasteiger partial charge in [-0.25, -0.2) is 4.79 Å². The van der Waals surface area contributed by atoms with Gasteiger partial charge < -0.3 is 20.9 Å². The van der Waals surface area contributed by atoms with E-state index in [9.17, 15) is 4.79 Å². The van der Waals surface area contributed by atoms with Crippen LogP contribution in [0.15, 0.2) is 18.2 Å². The number of methoxy groups -OCH3 is 1. The van der Waals surface area contributed by atoms with Crippen LogP contribution >= 0.6 is 0 Å². The minimum Gasteiger partial charge on any atom is -0.478 e. The highest BCUT2D eigenvalue weighted by Crippen LogP contribution is 2.23. The second kappa shape index (κ2) is 5.05. The molecule has 0 heterocycles. The van der Waals surface area contributed by atoms with Gasteiger partial charge in [-0.05, 0) is 32.0 Å². The molecule has 5 nitrogen and oxygen atoms in total. The predicted molar refractivity (Wildman–Crippen MR) is 67.4 cm³/mol. The van der Waals surface area contributed by atoms with Crippen LogP contribution in [-0.2, 0) is 4.74 Å². The molecule has 4 N–H and O–H groups in total. The van der Waals surface area contributed by atoms with Crippen LogP contribution in [0.4, 0.5) is 11.4 Å². The molecular formula is C12H18N2O3. The third kappa shape index (κ3) is 3.64. The first-order valence-corrected chi connectivity index (χ1v) is 5.25. The van der Waals surface area contributed by atoms with E-state index in [1.807, 2.05) is 13.8 Å². The standard InChI is InChI=1S/C12H18N2O3/c1-12(2,7-17-3)14-10-5-4-8(11(15)16)6-9(10)13/h4-6,14H,7,13H2,1-3H3,(H,15,16). The summed E-state index contributed by atoms with van der Waals surface area (Å²) in [5.41, 5.74) is 6.82. The fourth-order valence-corrected chi connectivity index (χ4v) is 1.57. The van der Waals surface area contributed by atoms with E-state index >= 15 is 0 Å². The maximum atomic E-state index is 10.8. The van der Waals surface area contributed by atoms with Gasteiger partial charge >= 0.3 is 5.97 Å². The van der Waals surface area contributed by atoms with Gasteiger partial charge in [0.1, 0.15) is 0 Å². The number of carboxylic acid groups (broad SMARTS) is 1. The smallest absolute Gasteiger partial charge is 0.335 e. The first-order chi connectivity index (χ1) is 7.85. The number of carboxylic acids is 1. The van der Waals surface area contributed by atoms with Gasteiger partial charge in [-0.1, -0.05) is 0 Å². The molecule has 0 unspecified atom stereocenters. The summed E-state index contributed by atoms with van der Waals surface area (Å²) >= 11 is 0. The third-order valence-electron chi connectivity index (χ3n) is 2.28. The lowest BCUT2D eigenvalue weighted by Gasteiger charge is -2.27. The zero-order chi connectivity index (χ0) is 13.1. The Hall–Kier alpha value is -1.75. The Morgan fingerprint density at radius 3 is 2.65 bits per heavy atom. The summed E-state index contributed by atoms with van der Waals surface area (Å²) in [6, 6.07) is 4.62. The van der Waals surface area contributed by atoms with Crippen molar-refractivity contribution >= 4 is 17.3 Å². The molecule has 0 aliphatic heterocycles. The van der Waals surface area contributed by atoms with Gasteiger partial charge in [-0.15, -0.1) is 0 Å². The lowest BCUT2D eigenvalue weighted by Crippen LogP contribution is -2.36. The molecule has 0 aliphatic rings. The molecule has 5 heteroatoms. The Labute approximate surface area is 101 Å². The van der Waals surface area contributed by atoms with Crippen LogP contribution in [0.2, 0.25) is 0 Å². The number of anilines is 2. The maximum absolute atomic E-state index is 10.8. The van der Waals surface area contributed by atoms with Crippen molar-refractivity contribution < 1.29 is 14.6 Å². The summed E-state index contributed by atoms with van der Waals surface area (Å²) < 4.78 is 5.08. The first kappa shape index (κ1) is 13.3. The van der Waals surface area contributed by atoms with Crippen LogP contribution < -0.4 is 11.1 Å². The van der Waals surface area contributed by atoms with Crippen LogP contribution in [0, 0.1) is 0 Å². The molecule has 0 aliphatic carbocycles. The largest absolute Gasteiger partial charge is 0.478 e. The monoisotopic (exact) mass is 238 g/mol. The molecule has 0 aromatic heterocycles. The SMILES string of the molecule is COCC(C)(C)Nc1ccc(C(=O)O)cc1N. The zero-order valence-corrected chi connectivity index (χ0v) is 10.3. The summed E-state index contributed by atoms with van der Waals surface area (Å²) in [6.45, 7) is 4.47. The molecule has 1 aromatic rings. The molecule has 17 heavy (non-hydrogen) atoms. The van der Waals surface area contributed by atoms with Crippen molar-refractivity contribution in [2.45, 2.75) is 19.4 Å². The Bertz CT molecular complexity index is 416. The fourth-order valence-electron chi connectivity index (χ4n) is 1.57. The second-order valence-corrected chi connectivity index (χ2v) is 4.55. The topological polar surface area (TPSA) is 84.6 Å². The van der Waals surface area contributed by atoms with Gasteiger partial charge in [0.15, 0.2) is 0 Å². The molecule has 1 rings (SSSR count). The summed E-state index contributed by atoms with van der Waals surface area (Å²) in [4.78, 5) is 10.8. The van der Waals surface area contributed by atoms with E-state index in [0.29, 0.717) is 18.0 Å². The number of ether oxygens (including phenoxy) is 1. The Morgan fingerprint density at radius 2 is 2.18 bits per heavy atom. The fraction of sp³-hybridized carbons (Fsp3) is 0.417. The van der Waals surface area contributed by atoms with Crippen molar-refractivity contribution in [2.75, 3.05) is 24.8 Å². The first-order valence-electron chi connectivity index (χ1n) is 5.25. The number of hydrogen-bond donors (Lipinski definition) is 3. The Kier molecular flexibility index (Phi) is 3.96. The van der Waals surface area contributed by atoms with Gasteiger partial charge in [-0.3, -0.25) is 0 Å². The van der Waals surface area contributed by atoms with Crippen LogP contribution in [0.1, 0.15) is 24.2 Å². The van der Waals surface area contributed by atoms with Gasteiger partial charge in [0, 0.05) is 7.11 Å². The highest BCUT2D eigenvalue weighted by Gasteiger charge is 2.18. The summed E-state index contributed by atoms with van der Waals surface area (Å²) in [5.74, 6) is -0.987. The summed E-state index contributed by atoms with van der Waals surface area (Å²) in [7, 11) is 1.63. The number of aromatic carboxylic acids is 1. The van der Waals surface area contributed by atoms with Gasteiger partial charge in [0.25, 0.3) is 0 Å². The average Bonchev–Trinajstić information content (AvgIpc) is 2.20. The predicted octanol–water partition coefficient (Wildman–Crippen LogP) is 1.80. The lowest BCUT2D eigenvalue weighted by atomic mass is 10.1. The van der Waals surface area contributed by atoms with E-state index in [2.05, 4.69) is 5.32 Å². The number of nitrogens with two attached hydrogens (primary N) is 1. The van der Waals surface area contributed by atoms with Crippen LogP contribution in [0.25, 0.3) is 0 Å². The molecule has 94 valence electrons. The number of nitrogens with one attached hydrogen (secondary N) is 1. The normalized spacial score (nSPS) is 11.2. The van der Waals surface area contributed by atoms with Crippen molar-refractivity contribution in [2.24, 2.45) is 0 Å².